The third-order valence-electron chi connectivity index (χ3n) is 5.04. The highest BCUT2D eigenvalue weighted by Gasteiger charge is 2.40. The van der Waals surface area contributed by atoms with E-state index >= 15 is 0 Å². The van der Waals surface area contributed by atoms with Gasteiger partial charge in [-0.2, -0.15) is 0 Å². The Labute approximate surface area is 137 Å². The van der Waals surface area contributed by atoms with Gasteiger partial charge in [-0.05, 0) is 18.1 Å². The summed E-state index contributed by atoms with van der Waals surface area (Å²) in [4.78, 5) is 16.8. The second-order valence-corrected chi connectivity index (χ2v) is 6.91. The van der Waals surface area contributed by atoms with Gasteiger partial charge in [0, 0.05) is 32.7 Å². The first-order valence-corrected chi connectivity index (χ1v) is 8.35. The van der Waals surface area contributed by atoms with Crippen molar-refractivity contribution in [2.45, 2.75) is 13.3 Å². The molecule has 1 amide bonds. The van der Waals surface area contributed by atoms with Gasteiger partial charge in [0.1, 0.15) is 0 Å². The number of rotatable bonds is 5. The summed E-state index contributed by atoms with van der Waals surface area (Å²) in [6.45, 7) is 7.69. The Morgan fingerprint density at radius 2 is 1.91 bits per heavy atom. The molecule has 5 nitrogen and oxygen atoms in total. The number of ether oxygens (including phenoxy) is 1. The SMILES string of the molecule is Cc1ccccc1CC(=O)N1CCN(CC2(CO)COC2)CC1. The van der Waals surface area contributed by atoms with E-state index in [4.69, 9.17) is 4.74 Å². The zero-order valence-corrected chi connectivity index (χ0v) is 13.8. The number of carbonyl (C=O) groups excluding carboxylic acids is 1. The average Bonchev–Trinajstić information content (AvgIpc) is 2.53. The first-order chi connectivity index (χ1) is 11.1. The topological polar surface area (TPSA) is 53.0 Å². The van der Waals surface area contributed by atoms with Crippen molar-refractivity contribution in [1.82, 2.24) is 9.80 Å². The molecule has 126 valence electrons. The predicted octanol–water partition coefficient (Wildman–Crippen LogP) is 0.691. The third-order valence-corrected chi connectivity index (χ3v) is 5.04. The van der Waals surface area contributed by atoms with Crippen molar-refractivity contribution in [3.05, 3.63) is 35.4 Å². The largest absolute Gasteiger partial charge is 0.396 e. The number of hydrogen-bond donors (Lipinski definition) is 1. The fraction of sp³-hybridized carbons (Fsp3) is 0.611. The number of hydrogen-bond acceptors (Lipinski definition) is 4. The molecule has 2 saturated heterocycles. The number of aryl methyl sites for hydroxylation is 1. The van der Waals surface area contributed by atoms with Gasteiger partial charge in [0.05, 0.1) is 31.7 Å². The Morgan fingerprint density at radius 3 is 2.48 bits per heavy atom. The van der Waals surface area contributed by atoms with Gasteiger partial charge in [-0.3, -0.25) is 9.69 Å². The fourth-order valence-electron chi connectivity index (χ4n) is 3.34. The van der Waals surface area contributed by atoms with Crippen LogP contribution in [-0.4, -0.2) is 73.4 Å². The van der Waals surface area contributed by atoms with Crippen LogP contribution in [-0.2, 0) is 16.0 Å². The van der Waals surface area contributed by atoms with Crippen LogP contribution in [0.15, 0.2) is 24.3 Å². The van der Waals surface area contributed by atoms with Crippen LogP contribution in [0.1, 0.15) is 11.1 Å². The summed E-state index contributed by atoms with van der Waals surface area (Å²) in [5.74, 6) is 0.211. The number of piperazine rings is 1. The van der Waals surface area contributed by atoms with Crippen molar-refractivity contribution in [3.8, 4) is 0 Å². The van der Waals surface area contributed by atoms with Crippen molar-refractivity contribution in [2.75, 3.05) is 52.5 Å². The molecule has 1 aromatic carbocycles. The van der Waals surface area contributed by atoms with E-state index in [-0.39, 0.29) is 17.9 Å². The molecular weight excluding hydrogens is 292 g/mol. The molecule has 1 aromatic rings. The molecule has 3 rings (SSSR count). The first kappa shape index (κ1) is 16.4. The molecule has 0 atom stereocenters. The van der Waals surface area contributed by atoms with Crippen molar-refractivity contribution in [3.63, 3.8) is 0 Å². The van der Waals surface area contributed by atoms with Crippen LogP contribution in [0.3, 0.4) is 0 Å². The summed E-state index contributed by atoms with van der Waals surface area (Å²) >= 11 is 0. The van der Waals surface area contributed by atoms with E-state index in [0.717, 1.165) is 38.3 Å². The Morgan fingerprint density at radius 1 is 1.22 bits per heavy atom. The third kappa shape index (κ3) is 3.74. The van der Waals surface area contributed by atoms with Gasteiger partial charge in [-0.1, -0.05) is 24.3 Å². The molecule has 2 aliphatic heterocycles. The quantitative estimate of drug-likeness (QED) is 0.868. The van der Waals surface area contributed by atoms with Crippen molar-refractivity contribution < 1.29 is 14.6 Å². The van der Waals surface area contributed by atoms with Crippen LogP contribution in [0.2, 0.25) is 0 Å². The Kier molecular flexibility index (Phi) is 4.99. The van der Waals surface area contributed by atoms with Crippen molar-refractivity contribution in [2.24, 2.45) is 5.41 Å². The van der Waals surface area contributed by atoms with Crippen molar-refractivity contribution in [1.29, 1.82) is 0 Å². The minimum absolute atomic E-state index is 0.0761. The van der Waals surface area contributed by atoms with Crippen LogP contribution >= 0.6 is 0 Å². The zero-order valence-electron chi connectivity index (χ0n) is 13.8. The van der Waals surface area contributed by atoms with E-state index < -0.39 is 0 Å². The lowest BCUT2D eigenvalue weighted by Gasteiger charge is -2.45. The molecule has 0 aromatic heterocycles. The van der Waals surface area contributed by atoms with E-state index in [2.05, 4.69) is 17.9 Å². The summed E-state index contributed by atoms with van der Waals surface area (Å²) in [5.41, 5.74) is 2.22. The highest BCUT2D eigenvalue weighted by atomic mass is 16.5. The van der Waals surface area contributed by atoms with E-state index in [9.17, 15) is 9.90 Å². The van der Waals surface area contributed by atoms with Crippen molar-refractivity contribution >= 4 is 5.91 Å². The smallest absolute Gasteiger partial charge is 0.227 e. The molecule has 0 aliphatic carbocycles. The summed E-state index contributed by atoms with van der Waals surface area (Å²) in [5, 5.41) is 9.53. The lowest BCUT2D eigenvalue weighted by atomic mass is 9.86. The number of aliphatic hydroxyl groups excluding tert-OH is 1. The summed E-state index contributed by atoms with van der Waals surface area (Å²) < 4.78 is 5.26. The number of carbonyl (C=O) groups is 1. The van der Waals surface area contributed by atoms with Gasteiger partial charge in [0.25, 0.3) is 0 Å². The van der Waals surface area contributed by atoms with E-state index in [1.165, 1.54) is 5.56 Å². The van der Waals surface area contributed by atoms with E-state index in [1.54, 1.807) is 0 Å². The van der Waals surface area contributed by atoms with Gasteiger partial charge in [-0.25, -0.2) is 0 Å². The van der Waals surface area contributed by atoms with Crippen LogP contribution < -0.4 is 0 Å². The maximum Gasteiger partial charge on any atom is 0.227 e. The van der Waals surface area contributed by atoms with Gasteiger partial charge in [0.2, 0.25) is 5.91 Å². The molecule has 2 heterocycles. The number of nitrogens with zero attached hydrogens (tertiary/aromatic N) is 2. The first-order valence-electron chi connectivity index (χ1n) is 8.35. The van der Waals surface area contributed by atoms with Gasteiger partial charge < -0.3 is 14.7 Å². The lowest BCUT2D eigenvalue weighted by Crippen LogP contribution is -2.57. The number of benzene rings is 1. The van der Waals surface area contributed by atoms with Gasteiger partial charge in [0.15, 0.2) is 0 Å². The highest BCUT2D eigenvalue weighted by molar-refractivity contribution is 5.79. The highest BCUT2D eigenvalue weighted by Crippen LogP contribution is 2.28. The molecule has 1 N–H and O–H groups in total. The minimum Gasteiger partial charge on any atom is -0.396 e. The van der Waals surface area contributed by atoms with E-state index in [1.807, 2.05) is 23.1 Å². The standard InChI is InChI=1S/C18H26N2O3/c1-15-4-2-3-5-16(15)10-17(22)20-8-6-19(7-9-20)11-18(12-21)13-23-14-18/h2-5,21H,6-14H2,1H3. The second-order valence-electron chi connectivity index (χ2n) is 6.91. The Bertz CT molecular complexity index is 543. The molecule has 0 spiro atoms. The number of amides is 1. The maximum atomic E-state index is 12.5. The predicted molar refractivity (Wildman–Crippen MR) is 88.2 cm³/mol. The normalized spacial score (nSPS) is 21.0. The minimum atomic E-state index is -0.0761. The van der Waals surface area contributed by atoms with Crippen LogP contribution in [0.5, 0.6) is 0 Å². The summed E-state index contributed by atoms with van der Waals surface area (Å²) in [6, 6.07) is 8.08. The van der Waals surface area contributed by atoms with Gasteiger partial charge >= 0.3 is 0 Å². The van der Waals surface area contributed by atoms with Crippen LogP contribution in [0.25, 0.3) is 0 Å². The summed E-state index contributed by atoms with van der Waals surface area (Å²) in [7, 11) is 0. The molecule has 0 radical (unpaired) electrons. The average molecular weight is 318 g/mol. The molecule has 0 unspecified atom stereocenters. The molecule has 0 saturated carbocycles. The molecule has 23 heavy (non-hydrogen) atoms. The Balaban J connectivity index is 1.49. The maximum absolute atomic E-state index is 12.5. The lowest BCUT2D eigenvalue weighted by molar-refractivity contribution is -0.152. The van der Waals surface area contributed by atoms with Crippen LogP contribution in [0, 0.1) is 12.3 Å². The number of aliphatic hydroxyl groups is 1. The van der Waals surface area contributed by atoms with Gasteiger partial charge in [-0.15, -0.1) is 0 Å². The fourth-order valence-corrected chi connectivity index (χ4v) is 3.34. The van der Waals surface area contributed by atoms with Crippen LogP contribution in [0.4, 0.5) is 0 Å². The molecular formula is C18H26N2O3. The van der Waals surface area contributed by atoms with E-state index in [0.29, 0.717) is 19.6 Å². The summed E-state index contributed by atoms with van der Waals surface area (Å²) in [6.07, 6.45) is 0.487. The second kappa shape index (κ2) is 6.99. The molecule has 2 aliphatic rings. The molecule has 0 bridgehead atoms. The molecule has 2 fully saturated rings. The zero-order chi connectivity index (χ0) is 16.3. The monoisotopic (exact) mass is 318 g/mol. The molecule has 5 heteroatoms. The Hall–Kier alpha value is -1.43.